The van der Waals surface area contributed by atoms with Crippen LogP contribution in [0.5, 0.6) is 5.75 Å². The third kappa shape index (κ3) is 6.70. The molecule has 0 atom stereocenters. The quantitative estimate of drug-likeness (QED) is 0.556. The molecule has 2 aromatic rings. The maximum absolute atomic E-state index is 11.9. The Balaban J connectivity index is 1.76. The Labute approximate surface area is 160 Å². The smallest absolute Gasteiger partial charge is 0.277 e. The van der Waals surface area contributed by atoms with Crippen LogP contribution >= 0.6 is 23.2 Å². The van der Waals surface area contributed by atoms with E-state index in [4.69, 9.17) is 27.9 Å². The molecule has 0 saturated heterocycles. The van der Waals surface area contributed by atoms with E-state index in [1.807, 2.05) is 0 Å². The highest BCUT2D eigenvalue weighted by atomic mass is 35.5. The fourth-order valence-electron chi connectivity index (χ4n) is 1.84. The highest BCUT2D eigenvalue weighted by molar-refractivity contribution is 6.35. The standard InChI is InChI=1S/C17H16Cl2N4O3/c1-11(7-16(24)21-13-3-2-6-20-9-13)22-23-17(25)10-26-15-5-4-12(18)8-14(15)19/h2-6,8-9H,7,10H2,1H3,(H,21,24)(H,23,25)/b22-11+. The van der Waals surface area contributed by atoms with Crippen LogP contribution in [0.4, 0.5) is 5.69 Å². The summed E-state index contributed by atoms with van der Waals surface area (Å²) >= 11 is 11.7. The molecular weight excluding hydrogens is 379 g/mol. The number of carbonyl (C=O) groups is 2. The lowest BCUT2D eigenvalue weighted by Gasteiger charge is -2.08. The SMILES string of the molecule is C/C(CC(=O)Nc1cccnc1)=N\NC(=O)COc1ccc(Cl)cc1Cl. The van der Waals surface area contributed by atoms with Gasteiger partial charge < -0.3 is 10.1 Å². The number of nitrogens with one attached hydrogen (secondary N) is 2. The number of hydrogen-bond acceptors (Lipinski definition) is 5. The summed E-state index contributed by atoms with van der Waals surface area (Å²) < 4.78 is 5.29. The summed E-state index contributed by atoms with van der Waals surface area (Å²) in [5.41, 5.74) is 3.34. The number of rotatable bonds is 7. The van der Waals surface area contributed by atoms with E-state index >= 15 is 0 Å². The van der Waals surface area contributed by atoms with E-state index in [-0.39, 0.29) is 18.9 Å². The Hall–Kier alpha value is -2.64. The van der Waals surface area contributed by atoms with Gasteiger partial charge in [0, 0.05) is 16.9 Å². The molecule has 0 saturated carbocycles. The number of nitrogens with zero attached hydrogens (tertiary/aromatic N) is 2. The van der Waals surface area contributed by atoms with Gasteiger partial charge in [0.15, 0.2) is 6.61 Å². The van der Waals surface area contributed by atoms with Crippen molar-refractivity contribution >= 4 is 46.4 Å². The first-order chi connectivity index (χ1) is 12.4. The number of carbonyl (C=O) groups excluding carboxylic acids is 2. The molecule has 9 heteroatoms. The van der Waals surface area contributed by atoms with Crippen LogP contribution in [-0.4, -0.2) is 29.1 Å². The molecule has 0 aliphatic carbocycles. The molecule has 2 amide bonds. The summed E-state index contributed by atoms with van der Waals surface area (Å²) in [5, 5.41) is 7.31. The topological polar surface area (TPSA) is 92.7 Å². The summed E-state index contributed by atoms with van der Waals surface area (Å²) in [4.78, 5) is 27.5. The van der Waals surface area contributed by atoms with Gasteiger partial charge in [0.2, 0.25) is 5.91 Å². The van der Waals surface area contributed by atoms with Gasteiger partial charge in [-0.05, 0) is 37.3 Å². The number of hydrazone groups is 1. The molecule has 0 spiro atoms. The molecule has 0 aliphatic heterocycles. The van der Waals surface area contributed by atoms with Crippen LogP contribution < -0.4 is 15.5 Å². The van der Waals surface area contributed by atoms with E-state index in [1.54, 1.807) is 37.4 Å². The molecule has 2 rings (SSSR count). The number of pyridine rings is 1. The first kappa shape index (κ1) is 19.7. The molecule has 1 heterocycles. The van der Waals surface area contributed by atoms with Crippen molar-refractivity contribution in [3.05, 3.63) is 52.8 Å². The molecule has 1 aromatic heterocycles. The van der Waals surface area contributed by atoms with E-state index < -0.39 is 5.91 Å². The Morgan fingerprint density at radius 2 is 2.04 bits per heavy atom. The molecule has 0 bridgehead atoms. The molecule has 7 nitrogen and oxygen atoms in total. The van der Waals surface area contributed by atoms with Gasteiger partial charge >= 0.3 is 0 Å². The number of anilines is 1. The minimum atomic E-state index is -0.483. The minimum Gasteiger partial charge on any atom is -0.482 e. The van der Waals surface area contributed by atoms with E-state index in [0.29, 0.717) is 27.2 Å². The van der Waals surface area contributed by atoms with Crippen molar-refractivity contribution in [3.63, 3.8) is 0 Å². The second-order valence-electron chi connectivity index (χ2n) is 5.21. The van der Waals surface area contributed by atoms with E-state index in [2.05, 4.69) is 20.8 Å². The van der Waals surface area contributed by atoms with Gasteiger partial charge in [0.25, 0.3) is 5.91 Å². The number of aromatic nitrogens is 1. The van der Waals surface area contributed by atoms with Gasteiger partial charge in [-0.15, -0.1) is 0 Å². The fourth-order valence-corrected chi connectivity index (χ4v) is 2.30. The average molecular weight is 395 g/mol. The number of hydrogen-bond donors (Lipinski definition) is 2. The van der Waals surface area contributed by atoms with Crippen molar-refractivity contribution in [2.45, 2.75) is 13.3 Å². The molecule has 0 radical (unpaired) electrons. The Bertz CT molecular complexity index is 813. The van der Waals surface area contributed by atoms with Crippen LogP contribution in [0.1, 0.15) is 13.3 Å². The fraction of sp³-hybridized carbons (Fsp3) is 0.176. The lowest BCUT2D eigenvalue weighted by molar-refractivity contribution is -0.123. The zero-order chi connectivity index (χ0) is 18.9. The van der Waals surface area contributed by atoms with E-state index in [9.17, 15) is 9.59 Å². The van der Waals surface area contributed by atoms with Crippen molar-refractivity contribution in [3.8, 4) is 5.75 Å². The van der Waals surface area contributed by atoms with E-state index in [1.165, 1.54) is 12.3 Å². The Morgan fingerprint density at radius 3 is 2.73 bits per heavy atom. The van der Waals surface area contributed by atoms with Crippen molar-refractivity contribution in [1.29, 1.82) is 0 Å². The predicted molar refractivity (Wildman–Crippen MR) is 101 cm³/mol. The third-order valence-electron chi connectivity index (χ3n) is 2.99. The van der Waals surface area contributed by atoms with Crippen LogP contribution in [0.2, 0.25) is 10.0 Å². The molecular formula is C17H16Cl2N4O3. The lowest BCUT2D eigenvalue weighted by Crippen LogP contribution is -2.26. The van der Waals surface area contributed by atoms with E-state index in [0.717, 1.165) is 0 Å². The molecule has 136 valence electrons. The number of halogens is 2. The zero-order valence-corrected chi connectivity index (χ0v) is 15.3. The summed E-state index contributed by atoms with van der Waals surface area (Å²) in [6, 6.07) is 8.11. The summed E-state index contributed by atoms with van der Waals surface area (Å²) in [6.45, 7) is 1.35. The van der Waals surface area contributed by atoms with Gasteiger partial charge in [-0.3, -0.25) is 14.6 Å². The Kier molecular flexibility index (Phi) is 7.37. The van der Waals surface area contributed by atoms with Crippen molar-refractivity contribution < 1.29 is 14.3 Å². The van der Waals surface area contributed by atoms with Gasteiger partial charge in [-0.1, -0.05) is 23.2 Å². The first-order valence-electron chi connectivity index (χ1n) is 7.54. The molecule has 0 aliphatic rings. The minimum absolute atomic E-state index is 0.0268. The maximum atomic E-state index is 11.9. The predicted octanol–water partition coefficient (Wildman–Crippen LogP) is 3.29. The largest absolute Gasteiger partial charge is 0.482 e. The summed E-state index contributed by atoms with van der Waals surface area (Å²) in [7, 11) is 0. The van der Waals surface area contributed by atoms with Gasteiger partial charge in [0.1, 0.15) is 5.75 Å². The Morgan fingerprint density at radius 1 is 1.23 bits per heavy atom. The second-order valence-corrected chi connectivity index (χ2v) is 6.06. The molecule has 0 unspecified atom stereocenters. The number of benzene rings is 1. The molecule has 26 heavy (non-hydrogen) atoms. The first-order valence-corrected chi connectivity index (χ1v) is 8.29. The molecule has 2 N–H and O–H groups in total. The van der Waals surface area contributed by atoms with Crippen LogP contribution in [0.25, 0.3) is 0 Å². The van der Waals surface area contributed by atoms with Crippen molar-refractivity contribution in [2.75, 3.05) is 11.9 Å². The lowest BCUT2D eigenvalue weighted by atomic mass is 10.3. The van der Waals surface area contributed by atoms with Gasteiger partial charge in [-0.25, -0.2) is 5.43 Å². The second kappa shape index (κ2) is 9.74. The van der Waals surface area contributed by atoms with Crippen LogP contribution in [0.15, 0.2) is 47.8 Å². The number of amides is 2. The summed E-state index contributed by atoms with van der Waals surface area (Å²) in [6.07, 6.45) is 3.17. The monoisotopic (exact) mass is 394 g/mol. The number of ether oxygens (including phenoxy) is 1. The van der Waals surface area contributed by atoms with Crippen molar-refractivity contribution in [2.24, 2.45) is 5.10 Å². The summed E-state index contributed by atoms with van der Waals surface area (Å²) in [5.74, 6) is -0.413. The molecule has 1 aromatic carbocycles. The van der Waals surface area contributed by atoms with Gasteiger partial charge in [0.05, 0.1) is 23.3 Å². The average Bonchev–Trinajstić information content (AvgIpc) is 2.60. The van der Waals surface area contributed by atoms with Crippen LogP contribution in [0, 0.1) is 0 Å². The zero-order valence-electron chi connectivity index (χ0n) is 13.8. The van der Waals surface area contributed by atoms with Crippen molar-refractivity contribution in [1.82, 2.24) is 10.4 Å². The maximum Gasteiger partial charge on any atom is 0.277 e. The normalized spacial score (nSPS) is 11.0. The van der Waals surface area contributed by atoms with Crippen LogP contribution in [0.3, 0.4) is 0 Å². The van der Waals surface area contributed by atoms with Crippen LogP contribution in [-0.2, 0) is 9.59 Å². The van der Waals surface area contributed by atoms with Gasteiger partial charge in [-0.2, -0.15) is 5.10 Å². The molecule has 0 fully saturated rings. The highest BCUT2D eigenvalue weighted by Crippen LogP contribution is 2.27. The third-order valence-corrected chi connectivity index (χ3v) is 3.52. The highest BCUT2D eigenvalue weighted by Gasteiger charge is 2.08.